The molecule has 0 radical (unpaired) electrons. The molecule has 0 N–H and O–H groups in total. The lowest BCUT2D eigenvalue weighted by molar-refractivity contribution is -0.101. The Morgan fingerprint density at radius 2 is 1.83 bits per heavy atom. The van der Waals surface area contributed by atoms with Crippen LogP contribution in [0.1, 0.15) is 56.9 Å². The van der Waals surface area contributed by atoms with Gasteiger partial charge >= 0.3 is 0 Å². The van der Waals surface area contributed by atoms with E-state index >= 15 is 0 Å². The molecule has 126 valence electrons. The van der Waals surface area contributed by atoms with E-state index in [4.69, 9.17) is 9.73 Å². The largest absolute Gasteiger partial charge is 0.362 e. The fourth-order valence-electron chi connectivity index (χ4n) is 5.82. The summed E-state index contributed by atoms with van der Waals surface area (Å²) in [5.74, 6) is 0.523. The molecule has 3 fully saturated rings. The molecule has 0 aromatic heterocycles. The van der Waals surface area contributed by atoms with E-state index in [1.165, 1.54) is 62.6 Å². The highest BCUT2D eigenvalue weighted by atomic mass is 16.5. The highest BCUT2D eigenvalue weighted by molar-refractivity contribution is 5.96. The van der Waals surface area contributed by atoms with Gasteiger partial charge < -0.3 is 4.74 Å². The van der Waals surface area contributed by atoms with Gasteiger partial charge in [-0.2, -0.15) is 0 Å². The van der Waals surface area contributed by atoms with E-state index in [0.29, 0.717) is 5.92 Å². The third-order valence-electron chi connectivity index (χ3n) is 6.96. The first-order chi connectivity index (χ1) is 11.8. The second kappa shape index (κ2) is 5.56. The van der Waals surface area contributed by atoms with Crippen LogP contribution in [0.4, 0.5) is 0 Å². The molecule has 1 aromatic rings. The van der Waals surface area contributed by atoms with Gasteiger partial charge in [0.2, 0.25) is 0 Å². The number of nitrogens with zero attached hydrogens (tertiary/aromatic N) is 1. The Labute approximate surface area is 145 Å². The van der Waals surface area contributed by atoms with Gasteiger partial charge in [-0.3, -0.25) is 4.99 Å². The highest BCUT2D eigenvalue weighted by Crippen LogP contribution is 2.59. The van der Waals surface area contributed by atoms with Crippen LogP contribution in [0.3, 0.4) is 0 Å². The van der Waals surface area contributed by atoms with Gasteiger partial charge in [0, 0.05) is 17.0 Å². The Bertz CT molecular complexity index is 670. The summed E-state index contributed by atoms with van der Waals surface area (Å²) in [4.78, 5) is 5.31. The third-order valence-corrected chi connectivity index (χ3v) is 6.96. The van der Waals surface area contributed by atoms with Crippen molar-refractivity contribution in [2.24, 2.45) is 16.3 Å². The quantitative estimate of drug-likeness (QED) is 0.696. The molecule has 2 bridgehead atoms. The van der Waals surface area contributed by atoms with Crippen LogP contribution in [0.15, 0.2) is 47.5 Å². The second-order valence-corrected chi connectivity index (χ2v) is 8.20. The van der Waals surface area contributed by atoms with Crippen molar-refractivity contribution in [2.45, 2.75) is 69.6 Å². The van der Waals surface area contributed by atoms with Gasteiger partial charge in [0.05, 0.1) is 18.2 Å². The molecule has 3 atom stereocenters. The van der Waals surface area contributed by atoms with Crippen molar-refractivity contribution >= 4 is 5.71 Å². The summed E-state index contributed by atoms with van der Waals surface area (Å²) < 4.78 is 6.69. The minimum atomic E-state index is -0.0110. The molecule has 2 aliphatic heterocycles. The van der Waals surface area contributed by atoms with E-state index < -0.39 is 0 Å². The molecule has 0 amide bonds. The number of benzene rings is 1. The van der Waals surface area contributed by atoms with Crippen LogP contribution in [0, 0.1) is 11.3 Å². The van der Waals surface area contributed by atoms with Crippen molar-refractivity contribution in [2.75, 3.05) is 0 Å². The van der Waals surface area contributed by atoms with Crippen LogP contribution in [-0.4, -0.2) is 17.4 Å². The van der Waals surface area contributed by atoms with Crippen molar-refractivity contribution in [3.05, 3.63) is 48.0 Å². The maximum absolute atomic E-state index is 6.69. The summed E-state index contributed by atoms with van der Waals surface area (Å²) in [6, 6.07) is 10.7. The first kappa shape index (κ1) is 14.9. The second-order valence-electron chi connectivity index (χ2n) is 8.20. The monoisotopic (exact) mass is 321 g/mol. The van der Waals surface area contributed by atoms with E-state index in [2.05, 4.69) is 42.5 Å². The maximum atomic E-state index is 6.69. The molecule has 1 aromatic carbocycles. The first-order valence-corrected chi connectivity index (χ1v) is 9.78. The van der Waals surface area contributed by atoms with Gasteiger partial charge in [0.25, 0.3) is 0 Å². The number of ether oxygens (including phenoxy) is 1. The number of rotatable bonds is 2. The Balaban J connectivity index is 1.56. The zero-order valence-electron chi connectivity index (χ0n) is 14.4. The highest BCUT2D eigenvalue weighted by Gasteiger charge is 2.61. The van der Waals surface area contributed by atoms with E-state index in [9.17, 15) is 0 Å². The Kier molecular flexibility index (Phi) is 3.45. The molecular weight excluding hydrogens is 294 g/mol. The molecule has 4 aliphatic rings. The van der Waals surface area contributed by atoms with Crippen LogP contribution in [0.25, 0.3) is 0 Å². The molecule has 1 saturated heterocycles. The summed E-state index contributed by atoms with van der Waals surface area (Å²) in [6.45, 7) is 0.831. The Morgan fingerprint density at radius 3 is 2.67 bits per heavy atom. The summed E-state index contributed by atoms with van der Waals surface area (Å²) in [7, 11) is 0. The van der Waals surface area contributed by atoms with Crippen LogP contribution in [0.5, 0.6) is 0 Å². The van der Waals surface area contributed by atoms with Gasteiger partial charge in [-0.1, -0.05) is 61.7 Å². The van der Waals surface area contributed by atoms with Gasteiger partial charge in [0.1, 0.15) is 0 Å². The van der Waals surface area contributed by atoms with E-state index in [1.54, 1.807) is 0 Å². The smallest absolute Gasteiger partial charge is 0.0952 e. The topological polar surface area (TPSA) is 21.6 Å². The summed E-state index contributed by atoms with van der Waals surface area (Å²) in [5.41, 5.74) is 3.03. The molecular formula is C22H27NO. The van der Waals surface area contributed by atoms with E-state index in [1.807, 2.05) is 0 Å². The molecule has 0 unspecified atom stereocenters. The SMILES string of the molecule is C1=C[C@]23CCC[C@H]2C(=NCc2ccccc2)C2(CCCCC2)[C@H]1O3. The van der Waals surface area contributed by atoms with Crippen molar-refractivity contribution in [1.82, 2.24) is 0 Å². The number of aliphatic imine (C=N–C) groups is 1. The van der Waals surface area contributed by atoms with Crippen LogP contribution < -0.4 is 0 Å². The van der Waals surface area contributed by atoms with E-state index in [0.717, 1.165) is 6.54 Å². The fraction of sp³-hybridized carbons (Fsp3) is 0.591. The molecule has 2 saturated carbocycles. The van der Waals surface area contributed by atoms with Gasteiger partial charge in [0.15, 0.2) is 0 Å². The number of hydrogen-bond acceptors (Lipinski definition) is 2. The van der Waals surface area contributed by atoms with Crippen LogP contribution in [-0.2, 0) is 11.3 Å². The average Bonchev–Trinajstić information content (AvgIpc) is 3.24. The summed E-state index contributed by atoms with van der Waals surface area (Å²) in [6.07, 6.45) is 15.4. The van der Waals surface area contributed by atoms with Crippen LogP contribution in [0.2, 0.25) is 0 Å². The first-order valence-electron chi connectivity index (χ1n) is 9.78. The van der Waals surface area contributed by atoms with Crippen molar-refractivity contribution < 1.29 is 4.74 Å². The normalized spacial score (nSPS) is 37.9. The van der Waals surface area contributed by atoms with Crippen molar-refractivity contribution in [3.63, 3.8) is 0 Å². The standard InChI is InChI=1S/C22H27NO/c1-3-8-17(9-4-1)16-23-20-18-10-7-14-22(18)15-11-19(24-22)21(20)12-5-2-6-13-21/h1,3-4,8-9,11,15,18-19H,2,5-7,10,12-14,16H2/t18-,19-,22+/m0/s1. The molecule has 2 heteroatoms. The zero-order valence-corrected chi connectivity index (χ0v) is 14.4. The molecule has 2 spiro atoms. The minimum absolute atomic E-state index is 0.0110. The molecule has 24 heavy (non-hydrogen) atoms. The Morgan fingerprint density at radius 1 is 1.00 bits per heavy atom. The van der Waals surface area contributed by atoms with Gasteiger partial charge in [-0.15, -0.1) is 0 Å². The third kappa shape index (κ3) is 2.08. The van der Waals surface area contributed by atoms with Gasteiger partial charge in [-0.25, -0.2) is 0 Å². The number of hydrogen-bond donors (Lipinski definition) is 0. The van der Waals surface area contributed by atoms with Gasteiger partial charge in [-0.05, 0) is 37.7 Å². The van der Waals surface area contributed by atoms with Crippen molar-refractivity contribution in [3.8, 4) is 0 Å². The van der Waals surface area contributed by atoms with Crippen LogP contribution >= 0.6 is 0 Å². The lowest BCUT2D eigenvalue weighted by Gasteiger charge is -2.51. The average molecular weight is 321 g/mol. The van der Waals surface area contributed by atoms with E-state index in [-0.39, 0.29) is 17.1 Å². The fourth-order valence-corrected chi connectivity index (χ4v) is 5.82. The summed E-state index contributed by atoms with van der Waals surface area (Å²) in [5, 5.41) is 0. The summed E-state index contributed by atoms with van der Waals surface area (Å²) >= 11 is 0. The molecule has 2 nitrogen and oxygen atoms in total. The predicted molar refractivity (Wildman–Crippen MR) is 97.2 cm³/mol. The molecule has 5 rings (SSSR count). The lowest BCUT2D eigenvalue weighted by atomic mass is 9.62. The number of fused-ring (bicyclic) bond motifs is 2. The maximum Gasteiger partial charge on any atom is 0.0952 e. The lowest BCUT2D eigenvalue weighted by Crippen LogP contribution is -2.56. The predicted octanol–water partition coefficient (Wildman–Crippen LogP) is 5.09. The molecule has 2 aliphatic carbocycles. The zero-order chi connectivity index (χ0) is 16.0. The Hall–Kier alpha value is -1.41. The van der Waals surface area contributed by atoms with Crippen molar-refractivity contribution in [1.29, 1.82) is 0 Å². The minimum Gasteiger partial charge on any atom is -0.362 e. The molecule has 2 heterocycles.